The number of benzene rings is 1. The predicted octanol–water partition coefficient (Wildman–Crippen LogP) is 4.49. The summed E-state index contributed by atoms with van der Waals surface area (Å²) in [6, 6.07) is 11.1. The van der Waals surface area contributed by atoms with Crippen LogP contribution in [-0.4, -0.2) is 8.07 Å². The maximum Gasteiger partial charge on any atom is 0.0904 e. The molecule has 0 saturated heterocycles. The summed E-state index contributed by atoms with van der Waals surface area (Å²) in [7, 11) is -1.45. The molecule has 0 amide bonds. The van der Waals surface area contributed by atoms with Gasteiger partial charge >= 0.3 is 0 Å². The van der Waals surface area contributed by atoms with Gasteiger partial charge < -0.3 is 0 Å². The Morgan fingerprint density at radius 2 is 1.65 bits per heavy atom. The van der Waals surface area contributed by atoms with Gasteiger partial charge in [0.15, 0.2) is 0 Å². The SMILES string of the molecule is C=CC1([Si](C)(C)c2ccccc2)CCCCC1. The summed E-state index contributed by atoms with van der Waals surface area (Å²) in [5.41, 5.74) is 0. The summed E-state index contributed by atoms with van der Waals surface area (Å²) in [5.74, 6) is 0. The van der Waals surface area contributed by atoms with Gasteiger partial charge in [-0.1, -0.05) is 74.0 Å². The van der Waals surface area contributed by atoms with Crippen LogP contribution in [0.15, 0.2) is 43.0 Å². The number of allylic oxidation sites excluding steroid dienone is 1. The second kappa shape index (κ2) is 4.81. The first-order valence-electron chi connectivity index (χ1n) is 6.81. The van der Waals surface area contributed by atoms with E-state index in [1.165, 1.54) is 32.1 Å². The highest BCUT2D eigenvalue weighted by Gasteiger charge is 2.45. The fraction of sp³-hybridized carbons (Fsp3) is 0.500. The number of hydrogen-bond acceptors (Lipinski definition) is 0. The Morgan fingerprint density at radius 3 is 2.18 bits per heavy atom. The van der Waals surface area contributed by atoms with Crippen LogP contribution < -0.4 is 5.19 Å². The van der Waals surface area contributed by atoms with Crippen LogP contribution in [0.5, 0.6) is 0 Å². The molecular formula is C16H24Si. The van der Waals surface area contributed by atoms with Gasteiger partial charge in [-0.2, -0.15) is 0 Å². The van der Waals surface area contributed by atoms with Crippen LogP contribution in [0.2, 0.25) is 18.1 Å². The van der Waals surface area contributed by atoms with Crippen molar-refractivity contribution in [2.75, 3.05) is 0 Å². The smallest absolute Gasteiger partial charge is 0.0904 e. The first-order valence-corrected chi connectivity index (χ1v) is 9.81. The van der Waals surface area contributed by atoms with E-state index in [1.54, 1.807) is 5.19 Å². The molecule has 0 radical (unpaired) electrons. The molecule has 0 bridgehead atoms. The van der Waals surface area contributed by atoms with E-state index in [0.717, 1.165) is 0 Å². The molecule has 1 aromatic rings. The fourth-order valence-corrected chi connectivity index (χ4v) is 7.12. The monoisotopic (exact) mass is 244 g/mol. The van der Waals surface area contributed by atoms with Gasteiger partial charge in [-0.25, -0.2) is 0 Å². The largest absolute Gasteiger partial charge is 0.103 e. The number of rotatable bonds is 3. The Morgan fingerprint density at radius 1 is 1.06 bits per heavy atom. The number of hydrogen-bond donors (Lipinski definition) is 0. The minimum Gasteiger partial charge on any atom is -0.103 e. The molecule has 0 unspecified atom stereocenters. The molecule has 1 fully saturated rings. The molecule has 1 aliphatic rings. The van der Waals surface area contributed by atoms with Crippen molar-refractivity contribution in [3.05, 3.63) is 43.0 Å². The third-order valence-corrected chi connectivity index (χ3v) is 9.85. The minimum absolute atomic E-state index is 0.423. The first-order chi connectivity index (χ1) is 8.12. The molecule has 0 spiro atoms. The molecular weight excluding hydrogens is 220 g/mol. The molecule has 0 nitrogen and oxygen atoms in total. The third kappa shape index (κ3) is 2.13. The molecule has 2 rings (SSSR count). The lowest BCUT2D eigenvalue weighted by Gasteiger charge is -2.46. The van der Waals surface area contributed by atoms with Crippen LogP contribution in [0.1, 0.15) is 32.1 Å². The Kier molecular flexibility index (Phi) is 3.57. The van der Waals surface area contributed by atoms with E-state index in [9.17, 15) is 0 Å². The van der Waals surface area contributed by atoms with Gasteiger partial charge in [0.25, 0.3) is 0 Å². The van der Waals surface area contributed by atoms with Gasteiger partial charge in [-0.3, -0.25) is 0 Å². The van der Waals surface area contributed by atoms with Crippen molar-refractivity contribution in [2.24, 2.45) is 0 Å². The van der Waals surface area contributed by atoms with Gasteiger partial charge in [-0.15, -0.1) is 6.58 Å². The second-order valence-electron chi connectivity index (χ2n) is 5.91. The zero-order chi connectivity index (χ0) is 12.4. The van der Waals surface area contributed by atoms with Crippen molar-refractivity contribution in [1.29, 1.82) is 0 Å². The van der Waals surface area contributed by atoms with Crippen molar-refractivity contribution < 1.29 is 0 Å². The average molecular weight is 244 g/mol. The molecule has 0 aromatic heterocycles. The lowest BCUT2D eigenvalue weighted by molar-refractivity contribution is 0.424. The molecule has 0 N–H and O–H groups in total. The highest BCUT2D eigenvalue weighted by atomic mass is 28.3. The molecule has 1 aromatic carbocycles. The average Bonchev–Trinajstić information content (AvgIpc) is 2.40. The highest BCUT2D eigenvalue weighted by Crippen LogP contribution is 2.51. The van der Waals surface area contributed by atoms with Crippen molar-refractivity contribution in [2.45, 2.75) is 50.2 Å². The molecule has 0 heterocycles. The van der Waals surface area contributed by atoms with Crippen LogP contribution in [0.3, 0.4) is 0 Å². The molecule has 0 atom stereocenters. The summed E-state index contributed by atoms with van der Waals surface area (Å²) >= 11 is 0. The van der Waals surface area contributed by atoms with Gasteiger partial charge in [0, 0.05) is 0 Å². The lowest BCUT2D eigenvalue weighted by atomic mass is 9.88. The van der Waals surface area contributed by atoms with Crippen LogP contribution in [-0.2, 0) is 0 Å². The first kappa shape index (κ1) is 12.6. The summed E-state index contributed by atoms with van der Waals surface area (Å²) in [5, 5.41) is 2.01. The van der Waals surface area contributed by atoms with E-state index in [1.807, 2.05) is 0 Å². The zero-order valence-electron chi connectivity index (χ0n) is 11.2. The summed E-state index contributed by atoms with van der Waals surface area (Å²) < 4.78 is 0. The van der Waals surface area contributed by atoms with Crippen molar-refractivity contribution in [3.8, 4) is 0 Å². The third-order valence-electron chi connectivity index (χ3n) is 4.88. The standard InChI is InChI=1S/C16H24Si/c1-4-16(13-9-6-10-14-16)17(2,3)15-11-7-5-8-12-15/h4-5,7-8,11-12H,1,6,9-10,13-14H2,2-3H3. The second-order valence-corrected chi connectivity index (χ2v) is 10.7. The van der Waals surface area contributed by atoms with Crippen LogP contribution in [0, 0.1) is 0 Å². The normalized spacial score (nSPS) is 19.9. The highest BCUT2D eigenvalue weighted by molar-refractivity contribution is 6.92. The van der Waals surface area contributed by atoms with E-state index in [2.05, 4.69) is 56.1 Å². The molecule has 1 aliphatic carbocycles. The van der Waals surface area contributed by atoms with Crippen LogP contribution in [0.4, 0.5) is 0 Å². The van der Waals surface area contributed by atoms with Gasteiger partial charge in [0.05, 0.1) is 8.07 Å². The summed E-state index contributed by atoms with van der Waals surface area (Å²) in [6.07, 6.45) is 9.18. The quantitative estimate of drug-likeness (QED) is 0.543. The van der Waals surface area contributed by atoms with E-state index in [4.69, 9.17) is 0 Å². The fourth-order valence-electron chi connectivity index (χ4n) is 3.41. The molecule has 1 heteroatoms. The maximum absolute atomic E-state index is 4.18. The van der Waals surface area contributed by atoms with E-state index < -0.39 is 8.07 Å². The van der Waals surface area contributed by atoms with E-state index in [-0.39, 0.29) is 0 Å². The van der Waals surface area contributed by atoms with E-state index in [0.29, 0.717) is 5.04 Å². The Balaban J connectivity index is 2.38. The Labute approximate surface area is 107 Å². The summed E-state index contributed by atoms with van der Waals surface area (Å²) in [6.45, 7) is 9.23. The minimum atomic E-state index is -1.45. The van der Waals surface area contributed by atoms with Crippen LogP contribution in [0.25, 0.3) is 0 Å². The van der Waals surface area contributed by atoms with Crippen molar-refractivity contribution >= 4 is 13.3 Å². The summed E-state index contributed by atoms with van der Waals surface area (Å²) in [4.78, 5) is 0. The van der Waals surface area contributed by atoms with Crippen molar-refractivity contribution in [1.82, 2.24) is 0 Å². The molecule has 17 heavy (non-hydrogen) atoms. The predicted molar refractivity (Wildman–Crippen MR) is 79.5 cm³/mol. The van der Waals surface area contributed by atoms with Gasteiger partial charge in [0.2, 0.25) is 0 Å². The molecule has 0 aliphatic heterocycles. The van der Waals surface area contributed by atoms with Gasteiger partial charge in [0.1, 0.15) is 0 Å². The Bertz CT molecular complexity index is 372. The molecule has 92 valence electrons. The van der Waals surface area contributed by atoms with Gasteiger partial charge in [-0.05, 0) is 17.9 Å². The van der Waals surface area contributed by atoms with Crippen molar-refractivity contribution in [3.63, 3.8) is 0 Å². The topological polar surface area (TPSA) is 0 Å². The molecule has 1 saturated carbocycles. The Hall–Kier alpha value is -0.823. The zero-order valence-corrected chi connectivity index (χ0v) is 12.2. The lowest BCUT2D eigenvalue weighted by Crippen LogP contribution is -2.52. The van der Waals surface area contributed by atoms with E-state index >= 15 is 0 Å². The van der Waals surface area contributed by atoms with Crippen LogP contribution >= 0.6 is 0 Å². The maximum atomic E-state index is 4.18.